The summed E-state index contributed by atoms with van der Waals surface area (Å²) in [5.41, 5.74) is 6.21. The molecule has 6 heteroatoms. The highest BCUT2D eigenvalue weighted by atomic mass is 35.5. The molecule has 3 N–H and O–H groups in total. The maximum atomic E-state index is 12.1. The van der Waals surface area contributed by atoms with E-state index < -0.39 is 0 Å². The Bertz CT molecular complexity index is 450. The lowest BCUT2D eigenvalue weighted by atomic mass is 9.80. The Morgan fingerprint density at radius 3 is 2.90 bits per heavy atom. The maximum Gasteiger partial charge on any atom is 0.234 e. The van der Waals surface area contributed by atoms with Gasteiger partial charge in [0.1, 0.15) is 0 Å². The lowest BCUT2D eigenvalue weighted by Crippen LogP contribution is -2.54. The molecule has 2 heterocycles. The molecule has 1 fully saturated rings. The summed E-state index contributed by atoms with van der Waals surface area (Å²) in [6.45, 7) is 8.64. The number of hydrogen-bond donors (Lipinski definition) is 2. The topological polar surface area (TPSA) is 58.4 Å². The number of carbonyl (C=O) groups excluding carboxylic acids is 1. The molecular formula is C15H26ClN3OS. The Kier molecular flexibility index (Phi) is 6.66. The number of nitrogens with two attached hydrogens (primary N) is 1. The van der Waals surface area contributed by atoms with Gasteiger partial charge in [0.25, 0.3) is 0 Å². The summed E-state index contributed by atoms with van der Waals surface area (Å²) in [6, 6.07) is 4.38. The van der Waals surface area contributed by atoms with E-state index in [0.29, 0.717) is 6.54 Å². The van der Waals surface area contributed by atoms with E-state index in [1.165, 1.54) is 4.88 Å². The Morgan fingerprint density at radius 1 is 1.62 bits per heavy atom. The standard InChI is InChI=1S/C15H25N3OS.ClH/c1-11(12-5-4-8-20-12)17-14(19)9-18-7-6-13(16)15(2,3)10-18;/h4-5,8,11,13H,6-7,9-10,16H2,1-3H3,(H,17,19);1H. The minimum absolute atomic E-state index is 0. The van der Waals surface area contributed by atoms with E-state index in [9.17, 15) is 4.79 Å². The van der Waals surface area contributed by atoms with Gasteiger partial charge in [0.2, 0.25) is 5.91 Å². The van der Waals surface area contributed by atoms with Crippen LogP contribution in [-0.2, 0) is 4.79 Å². The van der Waals surface area contributed by atoms with Crippen LogP contribution in [0, 0.1) is 5.41 Å². The molecule has 0 saturated carbocycles. The molecular weight excluding hydrogens is 306 g/mol. The van der Waals surface area contributed by atoms with Gasteiger partial charge in [0, 0.05) is 24.0 Å². The van der Waals surface area contributed by atoms with Crippen molar-refractivity contribution in [3.8, 4) is 0 Å². The first-order valence-corrected chi connectivity index (χ1v) is 8.07. The average molecular weight is 332 g/mol. The van der Waals surface area contributed by atoms with Gasteiger partial charge in [-0.05, 0) is 30.2 Å². The molecule has 2 rings (SSSR count). The molecule has 4 nitrogen and oxygen atoms in total. The zero-order chi connectivity index (χ0) is 14.8. The van der Waals surface area contributed by atoms with Gasteiger partial charge >= 0.3 is 0 Å². The third-order valence-corrected chi connectivity index (χ3v) is 5.16. The van der Waals surface area contributed by atoms with Crippen LogP contribution < -0.4 is 11.1 Å². The fourth-order valence-electron chi connectivity index (χ4n) is 2.72. The van der Waals surface area contributed by atoms with Crippen molar-refractivity contribution in [1.29, 1.82) is 0 Å². The fraction of sp³-hybridized carbons (Fsp3) is 0.667. The second-order valence-corrected chi connectivity index (χ2v) is 7.38. The van der Waals surface area contributed by atoms with Crippen molar-refractivity contribution >= 4 is 29.7 Å². The van der Waals surface area contributed by atoms with Crippen molar-refractivity contribution < 1.29 is 4.79 Å². The minimum atomic E-state index is 0. The van der Waals surface area contributed by atoms with Crippen LogP contribution in [0.3, 0.4) is 0 Å². The monoisotopic (exact) mass is 331 g/mol. The first-order chi connectivity index (χ1) is 9.38. The van der Waals surface area contributed by atoms with Crippen molar-refractivity contribution in [2.45, 2.75) is 39.3 Å². The number of nitrogens with one attached hydrogen (secondary N) is 1. The van der Waals surface area contributed by atoms with Gasteiger partial charge in [0.15, 0.2) is 0 Å². The SMILES string of the molecule is CC(NC(=O)CN1CCC(N)C(C)(C)C1)c1cccs1.Cl. The van der Waals surface area contributed by atoms with Crippen LogP contribution in [-0.4, -0.2) is 36.5 Å². The molecule has 0 aliphatic carbocycles. The molecule has 1 aromatic rings. The van der Waals surface area contributed by atoms with Gasteiger partial charge in [-0.2, -0.15) is 0 Å². The largest absolute Gasteiger partial charge is 0.348 e. The van der Waals surface area contributed by atoms with Gasteiger partial charge in [0.05, 0.1) is 12.6 Å². The fourth-order valence-corrected chi connectivity index (χ4v) is 3.45. The van der Waals surface area contributed by atoms with E-state index in [1.807, 2.05) is 18.4 Å². The van der Waals surface area contributed by atoms with Gasteiger partial charge in [-0.15, -0.1) is 23.7 Å². The number of amides is 1. The predicted octanol–water partition coefficient (Wildman–Crippen LogP) is 2.41. The molecule has 1 aliphatic rings. The lowest BCUT2D eigenvalue weighted by molar-refractivity contribution is -0.123. The third-order valence-electron chi connectivity index (χ3n) is 4.11. The van der Waals surface area contributed by atoms with Crippen LogP contribution in [0.1, 0.15) is 38.1 Å². The molecule has 1 amide bonds. The highest BCUT2D eigenvalue weighted by Crippen LogP contribution is 2.27. The van der Waals surface area contributed by atoms with E-state index in [1.54, 1.807) is 11.3 Å². The summed E-state index contributed by atoms with van der Waals surface area (Å²) < 4.78 is 0. The first-order valence-electron chi connectivity index (χ1n) is 7.19. The van der Waals surface area contributed by atoms with E-state index in [0.717, 1.165) is 19.5 Å². The number of nitrogens with zero attached hydrogens (tertiary/aromatic N) is 1. The number of carbonyl (C=O) groups is 1. The Morgan fingerprint density at radius 2 is 2.33 bits per heavy atom. The summed E-state index contributed by atoms with van der Waals surface area (Å²) in [5.74, 6) is 0.0946. The normalized spacial score (nSPS) is 23.1. The zero-order valence-corrected chi connectivity index (χ0v) is 14.6. The molecule has 2 atom stereocenters. The quantitative estimate of drug-likeness (QED) is 0.890. The molecule has 120 valence electrons. The second kappa shape index (κ2) is 7.58. The maximum absolute atomic E-state index is 12.1. The van der Waals surface area contributed by atoms with Crippen LogP contribution in [0.25, 0.3) is 0 Å². The van der Waals surface area contributed by atoms with Gasteiger partial charge < -0.3 is 11.1 Å². The smallest absolute Gasteiger partial charge is 0.234 e. The number of likely N-dealkylation sites (tertiary alicyclic amines) is 1. The van der Waals surface area contributed by atoms with Gasteiger partial charge in [-0.25, -0.2) is 0 Å². The van der Waals surface area contributed by atoms with Crippen molar-refractivity contribution in [3.05, 3.63) is 22.4 Å². The van der Waals surface area contributed by atoms with E-state index >= 15 is 0 Å². The predicted molar refractivity (Wildman–Crippen MR) is 90.9 cm³/mol. The number of piperidine rings is 1. The molecule has 0 aromatic carbocycles. The van der Waals surface area contributed by atoms with Crippen LogP contribution in [0.2, 0.25) is 0 Å². The molecule has 21 heavy (non-hydrogen) atoms. The van der Waals surface area contributed by atoms with Gasteiger partial charge in [-0.1, -0.05) is 19.9 Å². The van der Waals surface area contributed by atoms with Crippen LogP contribution >= 0.6 is 23.7 Å². The molecule has 0 bridgehead atoms. The molecule has 2 unspecified atom stereocenters. The van der Waals surface area contributed by atoms with Gasteiger partial charge in [-0.3, -0.25) is 9.69 Å². The second-order valence-electron chi connectivity index (χ2n) is 6.40. The summed E-state index contributed by atoms with van der Waals surface area (Å²) >= 11 is 1.67. The molecule has 0 spiro atoms. The Labute approximate surface area is 137 Å². The summed E-state index contributed by atoms with van der Waals surface area (Å²) in [5, 5.41) is 5.10. The average Bonchev–Trinajstić information content (AvgIpc) is 2.87. The van der Waals surface area contributed by atoms with Crippen LogP contribution in [0.5, 0.6) is 0 Å². The molecule has 1 aliphatic heterocycles. The number of halogens is 1. The lowest BCUT2D eigenvalue weighted by Gasteiger charge is -2.42. The number of hydrogen-bond acceptors (Lipinski definition) is 4. The van der Waals surface area contributed by atoms with Crippen molar-refractivity contribution in [2.24, 2.45) is 11.1 Å². The van der Waals surface area contributed by atoms with Crippen molar-refractivity contribution in [1.82, 2.24) is 10.2 Å². The zero-order valence-electron chi connectivity index (χ0n) is 13.0. The van der Waals surface area contributed by atoms with Crippen LogP contribution in [0.15, 0.2) is 17.5 Å². The van der Waals surface area contributed by atoms with Crippen molar-refractivity contribution in [3.63, 3.8) is 0 Å². The molecule has 1 saturated heterocycles. The first kappa shape index (κ1) is 18.4. The third kappa shape index (κ3) is 4.95. The Balaban J connectivity index is 0.00000220. The van der Waals surface area contributed by atoms with Crippen LogP contribution in [0.4, 0.5) is 0 Å². The highest BCUT2D eigenvalue weighted by Gasteiger charge is 2.33. The number of thiophene rings is 1. The molecule has 1 aromatic heterocycles. The summed E-state index contributed by atoms with van der Waals surface area (Å²) in [7, 11) is 0. The van der Waals surface area contributed by atoms with E-state index in [4.69, 9.17) is 5.73 Å². The highest BCUT2D eigenvalue weighted by molar-refractivity contribution is 7.10. The van der Waals surface area contributed by atoms with E-state index in [-0.39, 0.29) is 35.8 Å². The minimum Gasteiger partial charge on any atom is -0.348 e. The summed E-state index contributed by atoms with van der Waals surface area (Å²) in [4.78, 5) is 15.5. The number of rotatable bonds is 4. The van der Waals surface area contributed by atoms with E-state index in [2.05, 4.69) is 30.1 Å². The Hall–Kier alpha value is -0.620. The summed E-state index contributed by atoms with van der Waals surface area (Å²) in [6.07, 6.45) is 0.959. The molecule has 0 radical (unpaired) electrons. The van der Waals surface area contributed by atoms with Crippen molar-refractivity contribution in [2.75, 3.05) is 19.6 Å².